The standard InChI is InChI=1S/C20H28N2O4S/c1-4-5-10-21(3)20(23)19-14-16-13-17(6-7-18(16)26-19)27(24,25)22-11-8-15(2)9-12-22/h6-7,13-15H,4-5,8-12H2,1-3H3. The average Bonchev–Trinajstić information content (AvgIpc) is 3.09. The van der Waals surface area contributed by atoms with Crippen molar-refractivity contribution in [3.05, 3.63) is 30.0 Å². The third-order valence-electron chi connectivity index (χ3n) is 5.27. The summed E-state index contributed by atoms with van der Waals surface area (Å²) in [5.74, 6) is 0.616. The number of fused-ring (bicyclic) bond motifs is 1. The SMILES string of the molecule is CCCCN(C)C(=O)c1cc2cc(S(=O)(=O)N3CCC(C)CC3)ccc2o1. The highest BCUT2D eigenvalue weighted by Gasteiger charge is 2.28. The predicted molar refractivity (Wildman–Crippen MR) is 105 cm³/mol. The first kappa shape index (κ1) is 19.9. The first-order valence-corrected chi connectivity index (χ1v) is 11.1. The summed E-state index contributed by atoms with van der Waals surface area (Å²) in [4.78, 5) is 14.4. The zero-order chi connectivity index (χ0) is 19.6. The van der Waals surface area contributed by atoms with E-state index in [2.05, 4.69) is 13.8 Å². The van der Waals surface area contributed by atoms with E-state index in [4.69, 9.17) is 4.42 Å². The Kier molecular flexibility index (Phi) is 5.91. The zero-order valence-corrected chi connectivity index (χ0v) is 17.1. The summed E-state index contributed by atoms with van der Waals surface area (Å²) < 4.78 is 33.1. The fraction of sp³-hybridized carbons (Fsp3) is 0.550. The van der Waals surface area contributed by atoms with E-state index in [1.807, 2.05) is 0 Å². The van der Waals surface area contributed by atoms with Crippen molar-refractivity contribution in [2.45, 2.75) is 44.4 Å². The highest BCUT2D eigenvalue weighted by molar-refractivity contribution is 7.89. The summed E-state index contributed by atoms with van der Waals surface area (Å²) in [6, 6.07) is 6.44. The smallest absolute Gasteiger partial charge is 0.289 e. The van der Waals surface area contributed by atoms with Gasteiger partial charge in [-0.1, -0.05) is 20.3 Å². The molecule has 6 nitrogen and oxygen atoms in total. The molecule has 0 bridgehead atoms. The number of benzene rings is 1. The van der Waals surface area contributed by atoms with Gasteiger partial charge in [0.1, 0.15) is 5.58 Å². The van der Waals surface area contributed by atoms with E-state index in [1.54, 1.807) is 40.5 Å². The number of hydrogen-bond acceptors (Lipinski definition) is 4. The minimum Gasteiger partial charge on any atom is -0.451 e. The third-order valence-corrected chi connectivity index (χ3v) is 7.17. The van der Waals surface area contributed by atoms with E-state index in [0.717, 1.165) is 25.7 Å². The lowest BCUT2D eigenvalue weighted by Gasteiger charge is -2.29. The summed E-state index contributed by atoms with van der Waals surface area (Å²) in [6.07, 6.45) is 3.71. The topological polar surface area (TPSA) is 70.8 Å². The van der Waals surface area contributed by atoms with Crippen molar-refractivity contribution in [2.24, 2.45) is 5.92 Å². The maximum atomic E-state index is 12.9. The van der Waals surface area contributed by atoms with Crippen molar-refractivity contribution in [1.82, 2.24) is 9.21 Å². The van der Waals surface area contributed by atoms with E-state index in [0.29, 0.717) is 36.5 Å². The molecule has 1 aliphatic rings. The molecule has 0 radical (unpaired) electrons. The molecule has 1 aliphatic heterocycles. The fourth-order valence-corrected chi connectivity index (χ4v) is 4.85. The Balaban J connectivity index is 1.84. The van der Waals surface area contributed by atoms with E-state index in [1.165, 1.54) is 0 Å². The van der Waals surface area contributed by atoms with Gasteiger partial charge in [-0.15, -0.1) is 0 Å². The quantitative estimate of drug-likeness (QED) is 0.751. The van der Waals surface area contributed by atoms with Crippen LogP contribution in [0, 0.1) is 5.92 Å². The molecule has 0 spiro atoms. The molecule has 0 unspecified atom stereocenters. The molecule has 2 aromatic rings. The summed E-state index contributed by atoms with van der Waals surface area (Å²) in [6.45, 7) is 6.00. The molecule has 0 N–H and O–H groups in total. The van der Waals surface area contributed by atoms with Crippen LogP contribution in [0.15, 0.2) is 33.6 Å². The van der Waals surface area contributed by atoms with Gasteiger partial charge in [-0.05, 0) is 49.4 Å². The number of hydrogen-bond donors (Lipinski definition) is 0. The Hall–Kier alpha value is -1.86. The number of furan rings is 1. The number of carbonyl (C=O) groups is 1. The van der Waals surface area contributed by atoms with Gasteiger partial charge in [-0.2, -0.15) is 4.31 Å². The van der Waals surface area contributed by atoms with Crippen LogP contribution < -0.4 is 0 Å². The molecular formula is C20H28N2O4S. The summed E-state index contributed by atoms with van der Waals surface area (Å²) >= 11 is 0. The van der Waals surface area contributed by atoms with Gasteiger partial charge >= 0.3 is 0 Å². The monoisotopic (exact) mass is 392 g/mol. The van der Waals surface area contributed by atoms with Gasteiger partial charge in [0.2, 0.25) is 10.0 Å². The van der Waals surface area contributed by atoms with Crippen LogP contribution in [0.25, 0.3) is 11.0 Å². The molecule has 3 rings (SSSR count). The van der Waals surface area contributed by atoms with Crippen LogP contribution in [-0.4, -0.2) is 50.2 Å². The number of amides is 1. The molecule has 7 heteroatoms. The highest BCUT2D eigenvalue weighted by Crippen LogP contribution is 2.27. The molecule has 0 aliphatic carbocycles. The van der Waals surface area contributed by atoms with Crippen molar-refractivity contribution >= 4 is 26.9 Å². The van der Waals surface area contributed by atoms with Crippen LogP contribution in [-0.2, 0) is 10.0 Å². The van der Waals surface area contributed by atoms with Crippen molar-refractivity contribution in [3.8, 4) is 0 Å². The summed E-state index contributed by atoms with van der Waals surface area (Å²) in [5, 5.41) is 0.633. The Labute approximate surface area is 161 Å². The molecular weight excluding hydrogens is 364 g/mol. The van der Waals surface area contributed by atoms with Crippen molar-refractivity contribution in [3.63, 3.8) is 0 Å². The van der Waals surface area contributed by atoms with Crippen LogP contribution in [0.5, 0.6) is 0 Å². The molecule has 1 amide bonds. The molecule has 0 saturated carbocycles. The van der Waals surface area contributed by atoms with Crippen molar-refractivity contribution in [2.75, 3.05) is 26.7 Å². The van der Waals surface area contributed by atoms with Crippen LogP contribution in [0.3, 0.4) is 0 Å². The number of sulfonamides is 1. The predicted octanol–water partition coefficient (Wildman–Crippen LogP) is 3.73. The molecule has 2 heterocycles. The molecule has 27 heavy (non-hydrogen) atoms. The number of rotatable bonds is 6. The van der Waals surface area contributed by atoms with Crippen molar-refractivity contribution < 1.29 is 17.6 Å². The largest absolute Gasteiger partial charge is 0.451 e. The number of piperidine rings is 1. The lowest BCUT2D eigenvalue weighted by Crippen LogP contribution is -2.37. The molecule has 0 atom stereocenters. The van der Waals surface area contributed by atoms with E-state index >= 15 is 0 Å². The lowest BCUT2D eigenvalue weighted by atomic mass is 10.0. The van der Waals surface area contributed by atoms with Gasteiger partial charge in [-0.25, -0.2) is 8.42 Å². The maximum Gasteiger partial charge on any atom is 0.289 e. The molecule has 1 aromatic carbocycles. The fourth-order valence-electron chi connectivity index (χ4n) is 3.35. The van der Waals surface area contributed by atoms with Gasteiger partial charge in [-0.3, -0.25) is 4.79 Å². The number of nitrogens with zero attached hydrogens (tertiary/aromatic N) is 2. The average molecular weight is 393 g/mol. The van der Waals surface area contributed by atoms with E-state index in [-0.39, 0.29) is 16.6 Å². The normalized spacial score (nSPS) is 16.7. The van der Waals surface area contributed by atoms with Crippen molar-refractivity contribution in [1.29, 1.82) is 0 Å². The van der Waals surface area contributed by atoms with Crippen LogP contribution in [0.4, 0.5) is 0 Å². The first-order chi connectivity index (χ1) is 12.8. The van der Waals surface area contributed by atoms with Gasteiger partial charge in [0.25, 0.3) is 5.91 Å². The minimum atomic E-state index is -3.52. The highest BCUT2D eigenvalue weighted by atomic mass is 32.2. The first-order valence-electron chi connectivity index (χ1n) is 9.62. The van der Waals surface area contributed by atoms with Crippen LogP contribution in [0.1, 0.15) is 50.1 Å². The van der Waals surface area contributed by atoms with E-state index < -0.39 is 10.0 Å². The third kappa shape index (κ3) is 4.19. The molecule has 148 valence electrons. The van der Waals surface area contributed by atoms with Crippen LogP contribution in [0.2, 0.25) is 0 Å². The number of unbranched alkanes of at least 4 members (excludes halogenated alkanes) is 1. The van der Waals surface area contributed by atoms with Crippen LogP contribution >= 0.6 is 0 Å². The van der Waals surface area contributed by atoms with Gasteiger partial charge in [0, 0.05) is 32.1 Å². The zero-order valence-electron chi connectivity index (χ0n) is 16.3. The van der Waals surface area contributed by atoms with Gasteiger partial charge in [0.05, 0.1) is 4.90 Å². The maximum absolute atomic E-state index is 12.9. The second-order valence-corrected chi connectivity index (χ2v) is 9.42. The minimum absolute atomic E-state index is 0.186. The lowest BCUT2D eigenvalue weighted by molar-refractivity contribution is 0.0764. The van der Waals surface area contributed by atoms with Gasteiger partial charge in [0.15, 0.2) is 5.76 Å². The Bertz CT molecular complexity index is 911. The Morgan fingerprint density at radius 2 is 1.96 bits per heavy atom. The molecule has 1 aromatic heterocycles. The molecule has 1 fully saturated rings. The summed E-state index contributed by atoms with van der Waals surface area (Å²) in [5.41, 5.74) is 0.522. The molecule has 1 saturated heterocycles. The number of carbonyl (C=O) groups excluding carboxylic acids is 1. The Morgan fingerprint density at radius 1 is 1.26 bits per heavy atom. The summed E-state index contributed by atoms with van der Waals surface area (Å²) in [7, 11) is -1.77. The van der Waals surface area contributed by atoms with E-state index in [9.17, 15) is 13.2 Å². The second kappa shape index (κ2) is 8.02. The van der Waals surface area contributed by atoms with Gasteiger partial charge < -0.3 is 9.32 Å². The second-order valence-electron chi connectivity index (χ2n) is 7.48. The Morgan fingerprint density at radius 3 is 2.63 bits per heavy atom.